The number of nitrogens with one attached hydrogen (secondary N) is 2. The van der Waals surface area contributed by atoms with E-state index < -0.39 is 0 Å². The molecule has 0 saturated carbocycles. The van der Waals surface area contributed by atoms with Crippen LogP contribution in [0.3, 0.4) is 0 Å². The van der Waals surface area contributed by atoms with E-state index in [9.17, 15) is 9.59 Å². The molecule has 0 aromatic heterocycles. The Morgan fingerprint density at radius 1 is 0.828 bits per heavy atom. The molecule has 0 bridgehead atoms. The van der Waals surface area contributed by atoms with Gasteiger partial charge in [-0.15, -0.1) is 0 Å². The Labute approximate surface area is 170 Å². The highest BCUT2D eigenvalue weighted by Crippen LogP contribution is 2.17. The van der Waals surface area contributed by atoms with Crippen molar-refractivity contribution in [2.75, 3.05) is 5.32 Å². The van der Waals surface area contributed by atoms with E-state index in [2.05, 4.69) is 10.6 Å². The molecule has 0 spiro atoms. The van der Waals surface area contributed by atoms with Crippen molar-refractivity contribution < 1.29 is 14.3 Å². The zero-order valence-corrected chi connectivity index (χ0v) is 16.3. The Hall–Kier alpha value is -3.60. The Kier molecular flexibility index (Phi) is 7.00. The predicted octanol–water partition coefficient (Wildman–Crippen LogP) is 4.47. The van der Waals surface area contributed by atoms with Gasteiger partial charge in [-0.05, 0) is 42.3 Å². The number of carbonyl (C=O) groups excluding carboxylic acids is 2. The summed E-state index contributed by atoms with van der Waals surface area (Å²) >= 11 is 0. The average molecular weight is 388 g/mol. The molecule has 0 aliphatic carbocycles. The summed E-state index contributed by atoms with van der Waals surface area (Å²) < 4.78 is 5.73. The zero-order chi connectivity index (χ0) is 20.5. The van der Waals surface area contributed by atoms with Gasteiger partial charge in [0.1, 0.15) is 18.8 Å². The van der Waals surface area contributed by atoms with Crippen LogP contribution < -0.4 is 15.4 Å². The van der Waals surface area contributed by atoms with Crippen LogP contribution in [0.2, 0.25) is 0 Å². The van der Waals surface area contributed by atoms with Crippen molar-refractivity contribution in [3.63, 3.8) is 0 Å². The van der Waals surface area contributed by atoms with Crippen molar-refractivity contribution in [2.45, 2.75) is 26.0 Å². The van der Waals surface area contributed by atoms with Crippen molar-refractivity contribution in [1.82, 2.24) is 5.32 Å². The second kappa shape index (κ2) is 10.1. The summed E-state index contributed by atoms with van der Waals surface area (Å²) in [5, 5.41) is 5.57. The maximum absolute atomic E-state index is 12.1. The first-order valence-corrected chi connectivity index (χ1v) is 9.51. The highest BCUT2D eigenvalue weighted by atomic mass is 16.5. The quantitative estimate of drug-likeness (QED) is 0.560. The van der Waals surface area contributed by atoms with Gasteiger partial charge in [0, 0.05) is 5.69 Å². The van der Waals surface area contributed by atoms with Gasteiger partial charge in [-0.3, -0.25) is 9.59 Å². The van der Waals surface area contributed by atoms with E-state index in [1.807, 2.05) is 67.6 Å². The van der Waals surface area contributed by atoms with Gasteiger partial charge in [-0.2, -0.15) is 0 Å². The Morgan fingerprint density at radius 3 is 2.10 bits per heavy atom. The van der Waals surface area contributed by atoms with Gasteiger partial charge in [0.25, 0.3) is 0 Å². The first-order valence-electron chi connectivity index (χ1n) is 9.51. The topological polar surface area (TPSA) is 67.4 Å². The third-order valence-corrected chi connectivity index (χ3v) is 4.38. The lowest BCUT2D eigenvalue weighted by Crippen LogP contribution is -2.30. The predicted molar refractivity (Wildman–Crippen MR) is 113 cm³/mol. The second-order valence-electron chi connectivity index (χ2n) is 6.72. The molecule has 3 aromatic carbocycles. The normalized spacial score (nSPS) is 11.3. The Balaban J connectivity index is 1.44. The second-order valence-corrected chi connectivity index (χ2v) is 6.72. The number of carbonyl (C=O) groups is 2. The third-order valence-electron chi connectivity index (χ3n) is 4.38. The molecule has 0 aliphatic rings. The molecule has 5 nitrogen and oxygen atoms in total. The number of rotatable bonds is 8. The minimum Gasteiger partial charge on any atom is -0.489 e. The molecule has 5 heteroatoms. The van der Waals surface area contributed by atoms with Crippen molar-refractivity contribution >= 4 is 17.5 Å². The first kappa shape index (κ1) is 20.1. The SMILES string of the molecule is CC(NC(=O)CC(=O)Nc1ccc(OCc2ccccc2)cc1)c1ccccc1. The number of ether oxygens (including phenoxy) is 1. The van der Waals surface area contributed by atoms with Crippen LogP contribution in [-0.2, 0) is 16.2 Å². The first-order chi connectivity index (χ1) is 14.1. The summed E-state index contributed by atoms with van der Waals surface area (Å²) in [6.07, 6.45) is -0.233. The smallest absolute Gasteiger partial charge is 0.233 e. The number of hydrogen-bond acceptors (Lipinski definition) is 3. The summed E-state index contributed by atoms with van der Waals surface area (Å²) in [6, 6.07) is 26.4. The van der Waals surface area contributed by atoms with Gasteiger partial charge in [-0.25, -0.2) is 0 Å². The number of hydrogen-bond donors (Lipinski definition) is 2. The molecule has 2 N–H and O–H groups in total. The maximum atomic E-state index is 12.1. The van der Waals surface area contributed by atoms with E-state index in [4.69, 9.17) is 4.74 Å². The molecule has 1 unspecified atom stereocenters. The molecular weight excluding hydrogens is 364 g/mol. The van der Waals surface area contributed by atoms with E-state index in [1.54, 1.807) is 24.3 Å². The van der Waals surface area contributed by atoms with Crippen LogP contribution in [0.15, 0.2) is 84.9 Å². The molecule has 0 aliphatic heterocycles. The van der Waals surface area contributed by atoms with Gasteiger partial charge in [-0.1, -0.05) is 60.7 Å². The number of anilines is 1. The summed E-state index contributed by atoms with van der Waals surface area (Å²) in [7, 11) is 0. The maximum Gasteiger partial charge on any atom is 0.233 e. The van der Waals surface area contributed by atoms with Gasteiger partial charge < -0.3 is 15.4 Å². The lowest BCUT2D eigenvalue weighted by Gasteiger charge is -2.14. The van der Waals surface area contributed by atoms with E-state index in [1.165, 1.54) is 0 Å². The molecular formula is C24H24N2O3. The monoisotopic (exact) mass is 388 g/mol. The van der Waals surface area contributed by atoms with Crippen LogP contribution >= 0.6 is 0 Å². The van der Waals surface area contributed by atoms with Crippen molar-refractivity contribution in [3.8, 4) is 5.75 Å². The number of benzene rings is 3. The molecule has 1 atom stereocenters. The average Bonchev–Trinajstić information content (AvgIpc) is 2.74. The standard InChI is InChI=1S/C24H24N2O3/c1-18(20-10-6-3-7-11-20)25-23(27)16-24(28)26-21-12-14-22(15-13-21)29-17-19-8-4-2-5-9-19/h2-15,18H,16-17H2,1H3,(H,25,27)(H,26,28). The largest absolute Gasteiger partial charge is 0.489 e. The van der Waals surface area contributed by atoms with Crippen LogP contribution in [0.5, 0.6) is 5.75 Å². The molecule has 0 radical (unpaired) electrons. The molecule has 0 fully saturated rings. The molecule has 29 heavy (non-hydrogen) atoms. The highest BCUT2D eigenvalue weighted by Gasteiger charge is 2.13. The lowest BCUT2D eigenvalue weighted by atomic mass is 10.1. The molecule has 3 aromatic rings. The molecule has 2 amide bonds. The minimum atomic E-state index is -0.360. The van der Waals surface area contributed by atoms with Crippen molar-refractivity contribution in [1.29, 1.82) is 0 Å². The summed E-state index contributed by atoms with van der Waals surface area (Å²) in [4.78, 5) is 24.2. The van der Waals surface area contributed by atoms with E-state index in [-0.39, 0.29) is 24.3 Å². The van der Waals surface area contributed by atoms with E-state index in [0.29, 0.717) is 18.0 Å². The fourth-order valence-corrected chi connectivity index (χ4v) is 2.84. The highest BCUT2D eigenvalue weighted by molar-refractivity contribution is 6.03. The Bertz CT molecular complexity index is 925. The molecule has 3 rings (SSSR count). The van der Waals surface area contributed by atoms with Crippen LogP contribution in [0.25, 0.3) is 0 Å². The van der Waals surface area contributed by atoms with Gasteiger partial charge in [0.2, 0.25) is 11.8 Å². The molecule has 148 valence electrons. The van der Waals surface area contributed by atoms with Crippen molar-refractivity contribution in [2.24, 2.45) is 0 Å². The van der Waals surface area contributed by atoms with E-state index in [0.717, 1.165) is 11.1 Å². The summed E-state index contributed by atoms with van der Waals surface area (Å²) in [6.45, 7) is 2.37. The minimum absolute atomic E-state index is 0.155. The number of amides is 2. The third kappa shape index (κ3) is 6.50. The molecule has 0 saturated heterocycles. The lowest BCUT2D eigenvalue weighted by molar-refractivity contribution is -0.127. The van der Waals surface area contributed by atoms with Gasteiger partial charge in [0.15, 0.2) is 0 Å². The fourth-order valence-electron chi connectivity index (χ4n) is 2.84. The van der Waals surface area contributed by atoms with E-state index >= 15 is 0 Å². The summed E-state index contributed by atoms with van der Waals surface area (Å²) in [5.41, 5.74) is 2.69. The van der Waals surface area contributed by atoms with Crippen LogP contribution in [0.4, 0.5) is 5.69 Å². The van der Waals surface area contributed by atoms with Crippen LogP contribution in [-0.4, -0.2) is 11.8 Å². The van der Waals surface area contributed by atoms with Gasteiger partial charge in [0.05, 0.1) is 6.04 Å². The zero-order valence-electron chi connectivity index (χ0n) is 16.3. The summed E-state index contributed by atoms with van der Waals surface area (Å²) in [5.74, 6) is 0.0312. The van der Waals surface area contributed by atoms with Crippen LogP contribution in [0, 0.1) is 0 Å². The Morgan fingerprint density at radius 2 is 1.45 bits per heavy atom. The fraction of sp³-hybridized carbons (Fsp3) is 0.167. The van der Waals surface area contributed by atoms with Crippen molar-refractivity contribution in [3.05, 3.63) is 96.1 Å². The van der Waals surface area contributed by atoms with Gasteiger partial charge >= 0.3 is 0 Å². The molecule has 0 heterocycles. The van der Waals surface area contributed by atoms with Crippen LogP contribution in [0.1, 0.15) is 30.5 Å².